The number of unbranched alkanes of at least 4 members (excludes halogenated alkanes) is 3. The molecule has 32 heavy (non-hydrogen) atoms. The first-order chi connectivity index (χ1) is 14.9. The van der Waals surface area contributed by atoms with Crippen molar-refractivity contribution in [2.45, 2.75) is 111 Å². The number of primary amides is 1. The van der Waals surface area contributed by atoms with Crippen molar-refractivity contribution in [1.29, 1.82) is 0 Å². The zero-order valence-electron chi connectivity index (χ0n) is 20.5. The number of carboxylic acids is 1. The lowest BCUT2D eigenvalue weighted by molar-refractivity contribution is -0.139. The number of hydrogen-bond acceptors (Lipinski definition) is 6. The molecule has 0 aromatic rings. The molecule has 188 valence electrons. The SMILES string of the molecule is CCCCOC(=O)NC(CCCC)C(=O)O.CCCC[C@H](NC(=O)OC(C)(C)C)C(N)=O. The Labute approximate surface area is 192 Å². The van der Waals surface area contributed by atoms with Gasteiger partial charge in [0.25, 0.3) is 0 Å². The normalized spacial score (nSPS) is 12.4. The van der Waals surface area contributed by atoms with Crippen LogP contribution in [0.4, 0.5) is 9.59 Å². The molecule has 10 heteroatoms. The highest BCUT2D eigenvalue weighted by molar-refractivity contribution is 5.84. The van der Waals surface area contributed by atoms with Crippen LogP contribution < -0.4 is 16.4 Å². The Bertz CT molecular complexity index is 562. The van der Waals surface area contributed by atoms with Crippen molar-refractivity contribution in [2.24, 2.45) is 5.73 Å². The maximum Gasteiger partial charge on any atom is 0.408 e. The Morgan fingerprint density at radius 1 is 0.844 bits per heavy atom. The summed E-state index contributed by atoms with van der Waals surface area (Å²) in [5, 5.41) is 13.7. The third kappa shape index (κ3) is 19.4. The average molecular weight is 462 g/mol. The molecule has 0 saturated carbocycles. The summed E-state index contributed by atoms with van der Waals surface area (Å²) in [6, 6.07) is -1.48. The van der Waals surface area contributed by atoms with Gasteiger partial charge in [-0.15, -0.1) is 0 Å². The highest BCUT2D eigenvalue weighted by Gasteiger charge is 2.22. The summed E-state index contributed by atoms with van der Waals surface area (Å²) in [5.41, 5.74) is 4.61. The standard InChI is InChI=1S/C11H22N2O3.C11H21NO4/c1-5-6-7-8(9(12)14)13-10(15)16-11(2,3)4;1-3-5-7-9(10(13)14)12-11(15)16-8-6-4-2/h8H,5-7H2,1-4H3,(H2,12,14)(H,13,15);9H,3-8H2,1-2H3,(H,12,15)(H,13,14)/t8-;/m0./s1. The van der Waals surface area contributed by atoms with E-state index in [0.29, 0.717) is 19.4 Å². The van der Waals surface area contributed by atoms with Crippen molar-refractivity contribution in [3.63, 3.8) is 0 Å². The fourth-order valence-electron chi connectivity index (χ4n) is 2.30. The number of aliphatic carboxylic acids is 1. The molecule has 3 amide bonds. The summed E-state index contributed by atoms with van der Waals surface area (Å²) >= 11 is 0. The van der Waals surface area contributed by atoms with E-state index in [1.165, 1.54) is 0 Å². The fraction of sp³-hybridized carbons (Fsp3) is 0.818. The second-order valence-electron chi connectivity index (χ2n) is 8.41. The molecule has 0 aromatic heterocycles. The fourth-order valence-corrected chi connectivity index (χ4v) is 2.30. The van der Waals surface area contributed by atoms with Gasteiger partial charge in [0.05, 0.1) is 6.61 Å². The Morgan fingerprint density at radius 3 is 1.72 bits per heavy atom. The number of nitrogens with two attached hydrogens (primary N) is 1. The summed E-state index contributed by atoms with van der Waals surface area (Å²) in [7, 11) is 0. The van der Waals surface area contributed by atoms with Crippen molar-refractivity contribution in [3.8, 4) is 0 Å². The van der Waals surface area contributed by atoms with Gasteiger partial charge in [-0.3, -0.25) is 4.79 Å². The number of carbonyl (C=O) groups is 4. The number of nitrogens with one attached hydrogen (secondary N) is 2. The first kappa shape index (κ1) is 31.7. The van der Waals surface area contributed by atoms with E-state index in [4.69, 9.17) is 20.3 Å². The van der Waals surface area contributed by atoms with Gasteiger partial charge >= 0.3 is 18.2 Å². The molecule has 0 fully saturated rings. The number of rotatable bonds is 13. The van der Waals surface area contributed by atoms with Crippen LogP contribution in [0.15, 0.2) is 0 Å². The molecule has 0 heterocycles. The lowest BCUT2D eigenvalue weighted by atomic mass is 10.1. The van der Waals surface area contributed by atoms with Crippen molar-refractivity contribution < 1.29 is 33.8 Å². The van der Waals surface area contributed by atoms with Crippen molar-refractivity contribution in [2.75, 3.05) is 6.61 Å². The van der Waals surface area contributed by atoms with Crippen LogP contribution in [0.1, 0.15) is 92.9 Å². The largest absolute Gasteiger partial charge is 0.480 e. The van der Waals surface area contributed by atoms with Crippen LogP contribution in [0.25, 0.3) is 0 Å². The van der Waals surface area contributed by atoms with Gasteiger partial charge in [-0.25, -0.2) is 14.4 Å². The molecule has 10 nitrogen and oxygen atoms in total. The third-order valence-corrected chi connectivity index (χ3v) is 4.05. The van der Waals surface area contributed by atoms with Gasteiger partial charge in [0.2, 0.25) is 5.91 Å². The molecular formula is C22H43N3O7. The minimum absolute atomic E-state index is 0.336. The predicted octanol–water partition coefficient (Wildman–Crippen LogP) is 3.71. The maximum atomic E-state index is 11.4. The minimum atomic E-state index is -1.01. The highest BCUT2D eigenvalue weighted by Crippen LogP contribution is 2.08. The van der Waals surface area contributed by atoms with Gasteiger partial charge in [-0.1, -0.05) is 52.9 Å². The molecule has 0 bridgehead atoms. The quantitative estimate of drug-likeness (QED) is 0.304. The molecule has 0 aliphatic carbocycles. The molecule has 0 saturated heterocycles. The van der Waals surface area contributed by atoms with Crippen LogP contribution in [-0.4, -0.2) is 53.5 Å². The zero-order valence-corrected chi connectivity index (χ0v) is 20.5. The Kier molecular flexibility index (Phi) is 17.9. The molecule has 0 aliphatic rings. The van der Waals surface area contributed by atoms with E-state index < -0.39 is 41.7 Å². The van der Waals surface area contributed by atoms with Crippen molar-refractivity contribution in [1.82, 2.24) is 10.6 Å². The lowest BCUT2D eigenvalue weighted by Gasteiger charge is -2.22. The summed E-state index contributed by atoms with van der Waals surface area (Å²) in [6.07, 6.45) is 4.92. The number of ether oxygens (including phenoxy) is 2. The summed E-state index contributed by atoms with van der Waals surface area (Å²) < 4.78 is 9.87. The number of hydrogen-bond donors (Lipinski definition) is 4. The second kappa shape index (κ2) is 18.1. The third-order valence-electron chi connectivity index (χ3n) is 4.05. The monoisotopic (exact) mass is 461 g/mol. The van der Waals surface area contributed by atoms with Crippen LogP contribution in [-0.2, 0) is 19.1 Å². The van der Waals surface area contributed by atoms with Gasteiger partial charge in [-0.2, -0.15) is 0 Å². The van der Waals surface area contributed by atoms with Gasteiger partial charge in [0.1, 0.15) is 17.7 Å². The molecular weight excluding hydrogens is 418 g/mol. The topological polar surface area (TPSA) is 157 Å². The van der Waals surface area contributed by atoms with Crippen LogP contribution in [0.5, 0.6) is 0 Å². The van der Waals surface area contributed by atoms with Gasteiger partial charge < -0.3 is 30.9 Å². The Hall–Kier alpha value is -2.52. The van der Waals surface area contributed by atoms with E-state index in [0.717, 1.165) is 38.5 Å². The first-order valence-corrected chi connectivity index (χ1v) is 11.3. The highest BCUT2D eigenvalue weighted by atomic mass is 16.6. The molecule has 1 unspecified atom stereocenters. The van der Waals surface area contributed by atoms with Gasteiger partial charge in [0.15, 0.2) is 0 Å². The maximum absolute atomic E-state index is 11.4. The Balaban J connectivity index is 0. The molecule has 0 radical (unpaired) electrons. The number of carboxylic acid groups (broad SMARTS) is 1. The molecule has 2 atom stereocenters. The van der Waals surface area contributed by atoms with E-state index in [2.05, 4.69) is 10.6 Å². The van der Waals surface area contributed by atoms with Crippen LogP contribution >= 0.6 is 0 Å². The van der Waals surface area contributed by atoms with Crippen molar-refractivity contribution in [3.05, 3.63) is 0 Å². The molecule has 0 spiro atoms. The van der Waals surface area contributed by atoms with Gasteiger partial charge in [0, 0.05) is 0 Å². The molecule has 5 N–H and O–H groups in total. The molecule has 0 rings (SSSR count). The van der Waals surface area contributed by atoms with Gasteiger partial charge in [-0.05, 0) is 40.0 Å². The van der Waals surface area contributed by atoms with Crippen LogP contribution in [0.2, 0.25) is 0 Å². The van der Waals surface area contributed by atoms with E-state index in [-0.39, 0.29) is 0 Å². The van der Waals surface area contributed by atoms with Crippen LogP contribution in [0.3, 0.4) is 0 Å². The lowest BCUT2D eigenvalue weighted by Crippen LogP contribution is -2.46. The molecule has 0 aromatic carbocycles. The number of carbonyl (C=O) groups excluding carboxylic acids is 3. The first-order valence-electron chi connectivity index (χ1n) is 11.3. The molecule has 0 aliphatic heterocycles. The Morgan fingerprint density at radius 2 is 1.31 bits per heavy atom. The number of alkyl carbamates (subject to hydrolysis) is 2. The smallest absolute Gasteiger partial charge is 0.408 e. The van der Waals surface area contributed by atoms with E-state index in [9.17, 15) is 19.2 Å². The minimum Gasteiger partial charge on any atom is -0.480 e. The van der Waals surface area contributed by atoms with Crippen molar-refractivity contribution >= 4 is 24.1 Å². The zero-order chi connectivity index (χ0) is 25.2. The predicted molar refractivity (Wildman–Crippen MR) is 122 cm³/mol. The summed E-state index contributed by atoms with van der Waals surface area (Å²) in [4.78, 5) is 44.5. The summed E-state index contributed by atoms with van der Waals surface area (Å²) in [5.74, 6) is -1.54. The van der Waals surface area contributed by atoms with E-state index in [1.807, 2.05) is 20.8 Å². The summed E-state index contributed by atoms with van der Waals surface area (Å²) in [6.45, 7) is 11.6. The second-order valence-corrected chi connectivity index (χ2v) is 8.41. The van der Waals surface area contributed by atoms with E-state index in [1.54, 1.807) is 20.8 Å². The average Bonchev–Trinajstić information content (AvgIpc) is 2.67. The van der Waals surface area contributed by atoms with Crippen LogP contribution in [0, 0.1) is 0 Å². The van der Waals surface area contributed by atoms with E-state index >= 15 is 0 Å². The number of amides is 3.